The molecule has 0 atom stereocenters. The van der Waals surface area contributed by atoms with Gasteiger partial charge in [-0.05, 0) is 13.8 Å². The highest BCUT2D eigenvalue weighted by Gasteiger charge is 2.09. The average molecular weight is 132 g/mol. The van der Waals surface area contributed by atoms with Crippen molar-refractivity contribution in [3.05, 3.63) is 0 Å². The van der Waals surface area contributed by atoms with Crippen molar-refractivity contribution >= 4 is 9.84 Å². The molecule has 0 saturated heterocycles. The molecular weight excluding hydrogens is 124 g/mol. The van der Waals surface area contributed by atoms with E-state index in [4.69, 9.17) is 0 Å². The highest BCUT2D eigenvalue weighted by atomic mass is 32.2. The molecule has 0 aromatic carbocycles. The Kier molecular flexibility index (Phi) is 2.05. The lowest BCUT2D eigenvalue weighted by molar-refractivity contribution is 0.598. The van der Waals surface area contributed by atoms with Crippen molar-refractivity contribution in [3.8, 4) is 11.7 Å². The third-order valence-electron chi connectivity index (χ3n) is 0.785. The van der Waals surface area contributed by atoms with Crippen molar-refractivity contribution in [2.45, 2.75) is 19.1 Å². The fourth-order valence-electron chi connectivity index (χ4n) is 0.136. The molecule has 0 aromatic rings. The molecule has 46 valence electrons. The summed E-state index contributed by atoms with van der Waals surface area (Å²) in [4.78, 5) is 0. The van der Waals surface area contributed by atoms with E-state index in [1.54, 1.807) is 19.1 Å². The molecule has 0 aliphatic heterocycles. The second kappa shape index (κ2) is 2.19. The fourth-order valence-corrected chi connectivity index (χ4v) is 0.408. The second-order valence-corrected chi connectivity index (χ2v) is 3.98. The maximum Gasteiger partial charge on any atom is 0.218 e. The van der Waals surface area contributed by atoms with E-state index in [9.17, 15) is 8.42 Å². The largest absolute Gasteiger partial charge is 0.218 e. The van der Waals surface area contributed by atoms with Crippen LogP contribution < -0.4 is 0 Å². The van der Waals surface area contributed by atoms with Gasteiger partial charge in [0.2, 0.25) is 9.84 Å². The zero-order valence-electron chi connectivity index (χ0n) is 4.88. The molecule has 0 heterocycles. The predicted octanol–water partition coefficient (Wildman–Crippen LogP) is 0.400. The lowest BCUT2D eigenvalue weighted by Gasteiger charge is -1.95. The Balaban J connectivity index is 4.49. The number of rotatable bonds is 1. The van der Waals surface area contributed by atoms with Gasteiger partial charge >= 0.3 is 0 Å². The van der Waals surface area contributed by atoms with Crippen molar-refractivity contribution in [3.63, 3.8) is 0 Å². The summed E-state index contributed by atoms with van der Waals surface area (Å²) >= 11 is 0. The van der Waals surface area contributed by atoms with Crippen LogP contribution in [0.5, 0.6) is 0 Å². The van der Waals surface area contributed by atoms with Gasteiger partial charge in [0.1, 0.15) is 0 Å². The molecule has 0 bridgehead atoms. The first-order valence-electron chi connectivity index (χ1n) is 2.22. The van der Waals surface area contributed by atoms with E-state index >= 15 is 0 Å². The summed E-state index contributed by atoms with van der Waals surface area (Å²) < 4.78 is 20.9. The minimum absolute atomic E-state index is 0.451. The van der Waals surface area contributed by atoms with Gasteiger partial charge in [-0.25, -0.2) is 8.42 Å². The van der Waals surface area contributed by atoms with E-state index in [1.165, 1.54) is 0 Å². The van der Waals surface area contributed by atoms with Crippen LogP contribution in [0.25, 0.3) is 0 Å². The lowest BCUT2D eigenvalue weighted by atomic mass is 10.6. The summed E-state index contributed by atoms with van der Waals surface area (Å²) in [6.45, 7) is 3.10. The minimum Gasteiger partial charge on any atom is -0.215 e. The van der Waals surface area contributed by atoms with Gasteiger partial charge in [-0.3, -0.25) is 0 Å². The van der Waals surface area contributed by atoms with Gasteiger partial charge in [0.15, 0.2) is 0 Å². The quantitative estimate of drug-likeness (QED) is 0.382. The number of terminal acetylenes is 1. The summed E-state index contributed by atoms with van der Waals surface area (Å²) in [5, 5.41) is 1.26. The first kappa shape index (κ1) is 7.51. The van der Waals surface area contributed by atoms with Gasteiger partial charge in [0.05, 0.1) is 5.25 Å². The first-order chi connectivity index (χ1) is 3.50. The van der Waals surface area contributed by atoms with Crippen LogP contribution in [0.3, 0.4) is 0 Å². The summed E-state index contributed by atoms with van der Waals surface area (Å²) in [6, 6.07) is 0. The normalized spacial score (nSPS) is 11.2. The van der Waals surface area contributed by atoms with Crippen molar-refractivity contribution in [1.82, 2.24) is 0 Å². The maximum absolute atomic E-state index is 10.5. The van der Waals surface area contributed by atoms with E-state index in [2.05, 4.69) is 6.42 Å². The van der Waals surface area contributed by atoms with Crippen LogP contribution in [0.15, 0.2) is 0 Å². The molecule has 8 heavy (non-hydrogen) atoms. The Labute approximate surface area is 49.8 Å². The van der Waals surface area contributed by atoms with Crippen molar-refractivity contribution in [1.29, 1.82) is 0 Å². The smallest absolute Gasteiger partial charge is 0.215 e. The van der Waals surface area contributed by atoms with Gasteiger partial charge in [-0.2, -0.15) is 0 Å². The zero-order valence-corrected chi connectivity index (χ0v) is 5.70. The molecule has 0 fully saturated rings. The molecule has 0 amide bonds. The molecule has 0 unspecified atom stereocenters. The molecule has 0 aliphatic rings. The predicted molar refractivity (Wildman–Crippen MR) is 32.9 cm³/mol. The van der Waals surface area contributed by atoms with E-state index in [0.717, 1.165) is 0 Å². The van der Waals surface area contributed by atoms with Crippen LogP contribution >= 0.6 is 0 Å². The van der Waals surface area contributed by atoms with Crippen LogP contribution in [0.4, 0.5) is 0 Å². The second-order valence-electron chi connectivity index (χ2n) is 1.71. The molecule has 2 nitrogen and oxygen atoms in total. The number of hydrogen-bond donors (Lipinski definition) is 0. The Morgan fingerprint density at radius 1 is 1.50 bits per heavy atom. The molecule has 0 spiro atoms. The molecule has 0 rings (SSSR count). The fraction of sp³-hybridized carbons (Fsp3) is 0.600. The van der Waals surface area contributed by atoms with E-state index in [1.807, 2.05) is 0 Å². The maximum atomic E-state index is 10.5. The number of hydrogen-bond acceptors (Lipinski definition) is 2. The molecule has 0 aliphatic carbocycles. The Hall–Kier alpha value is -0.490. The average Bonchev–Trinajstić information content (AvgIpc) is 1.67. The monoisotopic (exact) mass is 132 g/mol. The van der Waals surface area contributed by atoms with Crippen molar-refractivity contribution in [2.75, 3.05) is 0 Å². The van der Waals surface area contributed by atoms with Crippen molar-refractivity contribution < 1.29 is 8.42 Å². The van der Waals surface area contributed by atoms with Gasteiger partial charge in [-0.15, -0.1) is 6.42 Å². The molecule has 3 heteroatoms. The van der Waals surface area contributed by atoms with Crippen molar-refractivity contribution in [2.24, 2.45) is 0 Å². The Morgan fingerprint density at radius 3 is 1.88 bits per heavy atom. The minimum atomic E-state index is -3.21. The van der Waals surface area contributed by atoms with Crippen LogP contribution in [0.1, 0.15) is 13.8 Å². The van der Waals surface area contributed by atoms with Crippen LogP contribution in [-0.4, -0.2) is 13.7 Å². The summed E-state index contributed by atoms with van der Waals surface area (Å²) in [5.74, 6) is 0. The lowest BCUT2D eigenvalue weighted by Crippen LogP contribution is -2.09. The Bertz CT molecular complexity index is 193. The molecular formula is C5H8O2S. The molecule has 0 aromatic heterocycles. The van der Waals surface area contributed by atoms with Crippen LogP contribution in [-0.2, 0) is 9.84 Å². The summed E-state index contributed by atoms with van der Waals surface area (Å²) in [7, 11) is -3.21. The van der Waals surface area contributed by atoms with Gasteiger partial charge in [0.25, 0.3) is 0 Å². The highest BCUT2D eigenvalue weighted by Crippen LogP contribution is 1.95. The summed E-state index contributed by atoms with van der Waals surface area (Å²) in [5.41, 5.74) is 0. The molecule has 0 saturated carbocycles. The first-order valence-corrected chi connectivity index (χ1v) is 3.76. The Morgan fingerprint density at radius 2 is 1.88 bits per heavy atom. The van der Waals surface area contributed by atoms with Gasteiger partial charge in [-0.1, -0.05) is 0 Å². The zero-order chi connectivity index (χ0) is 6.78. The molecule has 0 N–H and O–H groups in total. The third kappa shape index (κ3) is 1.55. The summed E-state index contributed by atoms with van der Waals surface area (Å²) in [6.07, 6.45) is 4.67. The van der Waals surface area contributed by atoms with E-state index in [-0.39, 0.29) is 0 Å². The van der Waals surface area contributed by atoms with Crippen LogP contribution in [0.2, 0.25) is 0 Å². The SMILES string of the molecule is C#CS(=O)(=O)C(C)C. The molecule has 0 radical (unpaired) electrons. The third-order valence-corrected chi connectivity index (χ3v) is 2.35. The standard InChI is InChI=1S/C5H8O2S/c1-4-8(6,7)5(2)3/h1,5H,2-3H3. The van der Waals surface area contributed by atoms with E-state index in [0.29, 0.717) is 0 Å². The van der Waals surface area contributed by atoms with Gasteiger partial charge in [0, 0.05) is 5.25 Å². The highest BCUT2D eigenvalue weighted by molar-refractivity contribution is 7.96. The van der Waals surface area contributed by atoms with Crippen LogP contribution in [0, 0.1) is 11.7 Å². The topological polar surface area (TPSA) is 34.1 Å². The van der Waals surface area contributed by atoms with Gasteiger partial charge < -0.3 is 0 Å². The number of sulfone groups is 1. The van der Waals surface area contributed by atoms with E-state index < -0.39 is 15.1 Å².